The fourth-order valence-electron chi connectivity index (χ4n) is 1.67. The molecule has 0 bridgehead atoms. The molecule has 1 atom stereocenters. The van der Waals surface area contributed by atoms with Gasteiger partial charge in [-0.2, -0.15) is 0 Å². The number of halogens is 2. The number of nitrogens with one attached hydrogen (secondary N) is 1. The van der Waals surface area contributed by atoms with Crippen molar-refractivity contribution in [3.63, 3.8) is 0 Å². The molecule has 1 amide bonds. The third kappa shape index (κ3) is 4.02. The molecule has 0 saturated carbocycles. The largest absolute Gasteiger partial charge is 0.481 e. The van der Waals surface area contributed by atoms with Gasteiger partial charge in [0.1, 0.15) is 11.7 Å². The van der Waals surface area contributed by atoms with E-state index in [1.807, 2.05) is 0 Å². The van der Waals surface area contributed by atoms with Gasteiger partial charge in [-0.1, -0.05) is 36.7 Å². The number of hydrogen-bond donors (Lipinski definition) is 2. The van der Waals surface area contributed by atoms with E-state index in [4.69, 9.17) is 5.11 Å². The molecule has 1 rings (SSSR count). The molecule has 1 aromatic rings. The summed E-state index contributed by atoms with van der Waals surface area (Å²) in [6, 6.07) is 4.06. The number of carboxylic acids is 1. The molecule has 0 aromatic heterocycles. The minimum Gasteiger partial charge on any atom is -0.481 e. The van der Waals surface area contributed by atoms with Gasteiger partial charge in [0.15, 0.2) is 0 Å². The maximum absolute atomic E-state index is 13.5. The predicted molar refractivity (Wildman–Crippen MR) is 73.3 cm³/mol. The molecule has 1 aromatic carbocycles. The summed E-state index contributed by atoms with van der Waals surface area (Å²) in [5.74, 6) is -3.85. The normalized spacial score (nSPS) is 12.9. The summed E-state index contributed by atoms with van der Waals surface area (Å²) in [6.07, 6.45) is 0. The Hall–Kier alpha value is -1.43. The Labute approximate surface area is 119 Å². The van der Waals surface area contributed by atoms with Crippen LogP contribution >= 0.6 is 15.9 Å². The maximum atomic E-state index is 13.5. The number of carbonyl (C=O) groups is 2. The van der Waals surface area contributed by atoms with Gasteiger partial charge in [-0.15, -0.1) is 0 Å². The van der Waals surface area contributed by atoms with Crippen LogP contribution in [0.15, 0.2) is 22.7 Å². The van der Waals surface area contributed by atoms with Crippen molar-refractivity contribution in [2.45, 2.75) is 20.8 Å². The third-order valence-electron chi connectivity index (χ3n) is 2.56. The Morgan fingerprint density at radius 2 is 1.95 bits per heavy atom. The molecule has 0 saturated heterocycles. The summed E-state index contributed by atoms with van der Waals surface area (Å²) in [6.45, 7) is 4.92. The average Bonchev–Trinajstić information content (AvgIpc) is 2.20. The summed E-state index contributed by atoms with van der Waals surface area (Å²) in [5.41, 5.74) is -0.812. The average molecular weight is 332 g/mol. The first kappa shape index (κ1) is 15.6. The Balaban J connectivity index is 3.01. The van der Waals surface area contributed by atoms with Crippen LogP contribution in [0.2, 0.25) is 0 Å². The van der Waals surface area contributed by atoms with Gasteiger partial charge in [-0.3, -0.25) is 9.59 Å². The van der Waals surface area contributed by atoms with Gasteiger partial charge in [0.2, 0.25) is 5.91 Å². The number of rotatable bonds is 3. The van der Waals surface area contributed by atoms with E-state index >= 15 is 0 Å². The van der Waals surface area contributed by atoms with Crippen LogP contribution in [0.1, 0.15) is 20.8 Å². The molecule has 6 heteroatoms. The number of carbonyl (C=O) groups excluding carboxylic acids is 1. The summed E-state index contributed by atoms with van der Waals surface area (Å²) in [5, 5.41) is 11.4. The summed E-state index contributed by atoms with van der Waals surface area (Å²) in [4.78, 5) is 23.2. The summed E-state index contributed by atoms with van der Waals surface area (Å²) >= 11 is 3.16. The van der Waals surface area contributed by atoms with Gasteiger partial charge in [-0.25, -0.2) is 4.39 Å². The van der Waals surface area contributed by atoms with Gasteiger partial charge in [0.25, 0.3) is 0 Å². The highest BCUT2D eigenvalue weighted by Crippen LogP contribution is 2.28. The van der Waals surface area contributed by atoms with Crippen molar-refractivity contribution in [3.8, 4) is 0 Å². The number of hydrogen-bond acceptors (Lipinski definition) is 2. The minimum atomic E-state index is -1.26. The zero-order chi connectivity index (χ0) is 14.8. The van der Waals surface area contributed by atoms with Crippen molar-refractivity contribution in [2.75, 3.05) is 5.32 Å². The molecule has 0 radical (unpaired) electrons. The smallest absolute Gasteiger partial charge is 0.316 e. The molecule has 4 nitrogen and oxygen atoms in total. The Morgan fingerprint density at radius 3 is 2.42 bits per heavy atom. The van der Waals surface area contributed by atoms with E-state index in [0.717, 1.165) is 0 Å². The highest BCUT2D eigenvalue weighted by Gasteiger charge is 2.37. The molecule has 0 aliphatic heterocycles. The van der Waals surface area contributed by atoms with Crippen LogP contribution in [0, 0.1) is 17.2 Å². The number of carboxylic acid groups (broad SMARTS) is 1. The second kappa shape index (κ2) is 5.69. The van der Waals surface area contributed by atoms with Gasteiger partial charge in [0.05, 0.1) is 5.69 Å². The van der Waals surface area contributed by atoms with Crippen LogP contribution in [-0.4, -0.2) is 17.0 Å². The van der Waals surface area contributed by atoms with E-state index in [9.17, 15) is 14.0 Å². The second-order valence-corrected chi connectivity index (χ2v) is 6.17. The van der Waals surface area contributed by atoms with Crippen LogP contribution in [0.4, 0.5) is 10.1 Å². The van der Waals surface area contributed by atoms with Crippen LogP contribution in [-0.2, 0) is 9.59 Å². The Bertz CT molecular complexity index is 511. The number of anilines is 1. The van der Waals surface area contributed by atoms with Crippen LogP contribution < -0.4 is 5.32 Å². The lowest BCUT2D eigenvalue weighted by atomic mass is 9.80. The van der Waals surface area contributed by atoms with Gasteiger partial charge in [-0.05, 0) is 23.6 Å². The second-order valence-electron chi connectivity index (χ2n) is 5.25. The third-order valence-corrected chi connectivity index (χ3v) is 3.05. The van der Waals surface area contributed by atoms with E-state index < -0.39 is 29.0 Å². The number of aliphatic carboxylic acids is 1. The van der Waals surface area contributed by atoms with Crippen LogP contribution in [0.25, 0.3) is 0 Å². The monoisotopic (exact) mass is 331 g/mol. The molecule has 104 valence electrons. The van der Waals surface area contributed by atoms with Crippen molar-refractivity contribution in [3.05, 3.63) is 28.5 Å². The first-order valence-corrected chi connectivity index (χ1v) is 6.41. The molecule has 0 fully saturated rings. The summed E-state index contributed by atoms with van der Waals surface area (Å²) in [7, 11) is 0. The molecule has 1 unspecified atom stereocenters. The lowest BCUT2D eigenvalue weighted by molar-refractivity contribution is -0.149. The highest BCUT2D eigenvalue weighted by atomic mass is 79.9. The lowest BCUT2D eigenvalue weighted by Gasteiger charge is -2.26. The SMILES string of the molecule is CC(C)(C)C(C(=O)O)C(=O)Nc1cc(Br)ccc1F. The fourth-order valence-corrected chi connectivity index (χ4v) is 2.04. The van der Waals surface area contributed by atoms with Gasteiger partial charge >= 0.3 is 5.97 Å². The van der Waals surface area contributed by atoms with Crippen molar-refractivity contribution in [2.24, 2.45) is 11.3 Å². The zero-order valence-corrected chi connectivity index (χ0v) is 12.4. The fraction of sp³-hybridized carbons (Fsp3) is 0.385. The van der Waals surface area contributed by atoms with E-state index in [-0.39, 0.29) is 5.69 Å². The molecule has 0 heterocycles. The lowest BCUT2D eigenvalue weighted by Crippen LogP contribution is -2.39. The zero-order valence-electron chi connectivity index (χ0n) is 10.8. The number of benzene rings is 1. The van der Waals surface area contributed by atoms with Gasteiger partial charge < -0.3 is 10.4 Å². The van der Waals surface area contributed by atoms with Crippen LogP contribution in [0.3, 0.4) is 0 Å². The Morgan fingerprint density at radius 1 is 1.37 bits per heavy atom. The molecule has 0 aliphatic rings. The molecule has 19 heavy (non-hydrogen) atoms. The van der Waals surface area contributed by atoms with Crippen molar-refractivity contribution in [1.29, 1.82) is 0 Å². The van der Waals surface area contributed by atoms with E-state index in [1.54, 1.807) is 20.8 Å². The van der Waals surface area contributed by atoms with Crippen molar-refractivity contribution in [1.82, 2.24) is 0 Å². The molecular weight excluding hydrogens is 317 g/mol. The first-order chi connectivity index (χ1) is 8.62. The van der Waals surface area contributed by atoms with E-state index in [2.05, 4.69) is 21.2 Å². The van der Waals surface area contributed by atoms with Crippen molar-refractivity contribution < 1.29 is 19.1 Å². The Kier molecular flexibility index (Phi) is 4.68. The molecule has 0 aliphatic carbocycles. The number of amides is 1. The standard InChI is InChI=1S/C13H15BrFNO3/c1-13(2,3)10(12(18)19)11(17)16-9-6-7(14)4-5-8(9)15/h4-6,10H,1-3H3,(H,16,17)(H,18,19). The van der Waals surface area contributed by atoms with Gasteiger partial charge in [0, 0.05) is 4.47 Å². The topological polar surface area (TPSA) is 66.4 Å². The maximum Gasteiger partial charge on any atom is 0.316 e. The van der Waals surface area contributed by atoms with Crippen LogP contribution in [0.5, 0.6) is 0 Å². The van der Waals surface area contributed by atoms with E-state index in [0.29, 0.717) is 4.47 Å². The van der Waals surface area contributed by atoms with E-state index in [1.165, 1.54) is 18.2 Å². The van der Waals surface area contributed by atoms with Crippen molar-refractivity contribution >= 4 is 33.5 Å². The predicted octanol–water partition coefficient (Wildman–Crippen LogP) is 3.27. The molecule has 2 N–H and O–H groups in total. The molecular formula is C13H15BrFNO3. The minimum absolute atomic E-state index is 0.0464. The molecule has 0 spiro atoms. The summed E-state index contributed by atoms with van der Waals surface area (Å²) < 4.78 is 14.1. The highest BCUT2D eigenvalue weighted by molar-refractivity contribution is 9.10. The quantitative estimate of drug-likeness (QED) is 0.835. The first-order valence-electron chi connectivity index (χ1n) is 5.61.